The molecule has 0 aliphatic carbocycles. The van der Waals surface area contributed by atoms with Crippen LogP contribution in [0.25, 0.3) is 0 Å². The Hall–Kier alpha value is -0.580. The van der Waals surface area contributed by atoms with Gasteiger partial charge in [0.2, 0.25) is 0 Å². The van der Waals surface area contributed by atoms with E-state index in [4.69, 9.17) is 14.2 Å². The molecule has 0 fully saturated rings. The largest absolute Gasteiger partial charge is 0.465 e. The highest BCUT2D eigenvalue weighted by Crippen LogP contribution is 2.22. The maximum Gasteiger partial charge on any atom is 0.306 e. The predicted octanol–water partition coefficient (Wildman–Crippen LogP) is 2.89. The van der Waals surface area contributed by atoms with Gasteiger partial charge >= 0.3 is 17.9 Å². The van der Waals surface area contributed by atoms with Gasteiger partial charge in [0.05, 0.1) is 31.3 Å². The number of carbonyl (C=O) groups excluding carboxylic acids is 3. The summed E-state index contributed by atoms with van der Waals surface area (Å²) in [6, 6.07) is 0. The summed E-state index contributed by atoms with van der Waals surface area (Å²) in [5.74, 6) is -1.47. The third-order valence-corrected chi connectivity index (χ3v) is 6.22. The minimum absolute atomic E-state index is 0.108. The van der Waals surface area contributed by atoms with Crippen molar-refractivity contribution in [2.24, 2.45) is 5.41 Å². The molecular weight excluding hydrogens is 448 g/mol. The second kappa shape index (κ2) is 16.1. The first-order valence-electron chi connectivity index (χ1n) is 10.2. The average Bonchev–Trinajstić information content (AvgIpc) is 2.73. The average molecular weight is 485 g/mol. The Bertz CT molecular complexity index is 461. The van der Waals surface area contributed by atoms with Gasteiger partial charge in [-0.3, -0.25) is 14.4 Å². The topological polar surface area (TPSA) is 99.1 Å². The molecule has 0 saturated heterocycles. The van der Waals surface area contributed by atoms with E-state index in [1.54, 1.807) is 0 Å². The summed E-state index contributed by atoms with van der Waals surface area (Å²) in [4.78, 5) is 36.1. The molecular formula is C20H36O7S3. The van der Waals surface area contributed by atoms with Crippen LogP contribution >= 0.6 is 37.9 Å². The maximum absolute atomic E-state index is 12.0. The quantitative estimate of drug-likeness (QED) is 0.152. The molecule has 0 aliphatic heterocycles. The smallest absolute Gasteiger partial charge is 0.306 e. The number of esters is 3. The molecule has 0 rings (SSSR count). The fourth-order valence-corrected chi connectivity index (χ4v) is 2.60. The molecule has 0 aliphatic rings. The van der Waals surface area contributed by atoms with Crippen LogP contribution in [0.3, 0.4) is 0 Å². The first kappa shape index (κ1) is 29.4. The van der Waals surface area contributed by atoms with Crippen LogP contribution in [0.2, 0.25) is 0 Å². The van der Waals surface area contributed by atoms with Crippen molar-refractivity contribution in [3.8, 4) is 0 Å². The lowest BCUT2D eigenvalue weighted by Gasteiger charge is -2.30. The van der Waals surface area contributed by atoms with E-state index in [1.807, 2.05) is 20.8 Å². The fraction of sp³-hybridized carbons (Fsp3) is 0.850. The highest BCUT2D eigenvalue weighted by Gasteiger charge is 2.36. The Labute approximate surface area is 196 Å². The van der Waals surface area contributed by atoms with E-state index in [-0.39, 0.29) is 54.8 Å². The number of ether oxygens (including phenoxy) is 3. The third-order valence-electron chi connectivity index (χ3n) is 4.57. The van der Waals surface area contributed by atoms with Crippen molar-refractivity contribution >= 4 is 55.8 Å². The molecule has 3 unspecified atom stereocenters. The molecule has 0 bridgehead atoms. The van der Waals surface area contributed by atoms with Gasteiger partial charge in [0.1, 0.15) is 19.8 Å². The number of rotatable bonds is 16. The van der Waals surface area contributed by atoms with Crippen LogP contribution in [0, 0.1) is 5.41 Å². The summed E-state index contributed by atoms with van der Waals surface area (Å²) in [7, 11) is 0. The summed E-state index contributed by atoms with van der Waals surface area (Å²) in [6.07, 6.45) is 2.42. The number of thiol groups is 3. The van der Waals surface area contributed by atoms with Crippen molar-refractivity contribution < 1.29 is 33.7 Å². The van der Waals surface area contributed by atoms with E-state index < -0.39 is 29.9 Å². The van der Waals surface area contributed by atoms with Crippen molar-refractivity contribution in [3.05, 3.63) is 0 Å². The molecule has 176 valence electrons. The van der Waals surface area contributed by atoms with E-state index in [0.717, 1.165) is 0 Å². The normalized spacial score (nSPS) is 16.1. The van der Waals surface area contributed by atoms with Crippen LogP contribution < -0.4 is 0 Å². The second-order valence-electron chi connectivity index (χ2n) is 7.44. The molecule has 0 aromatic heterocycles. The zero-order valence-corrected chi connectivity index (χ0v) is 20.7. The molecule has 0 spiro atoms. The molecule has 0 amide bonds. The summed E-state index contributed by atoms with van der Waals surface area (Å²) in [5, 5.41) is 9.56. The van der Waals surface area contributed by atoms with Gasteiger partial charge in [-0.05, 0) is 19.3 Å². The maximum atomic E-state index is 12.0. The third kappa shape index (κ3) is 13.0. The predicted molar refractivity (Wildman–Crippen MR) is 125 cm³/mol. The van der Waals surface area contributed by atoms with Crippen LogP contribution in [0.15, 0.2) is 0 Å². The number of aliphatic hydroxyl groups is 1. The van der Waals surface area contributed by atoms with Crippen molar-refractivity contribution in [2.75, 3.05) is 26.4 Å². The molecule has 0 aromatic carbocycles. The number of hydrogen-bond donors (Lipinski definition) is 4. The van der Waals surface area contributed by atoms with Crippen LogP contribution in [-0.4, -0.2) is 65.2 Å². The summed E-state index contributed by atoms with van der Waals surface area (Å²) in [5.41, 5.74) is -1.25. The van der Waals surface area contributed by atoms with Crippen LogP contribution in [0.4, 0.5) is 0 Å². The van der Waals surface area contributed by atoms with E-state index in [1.165, 1.54) is 0 Å². The van der Waals surface area contributed by atoms with Crippen LogP contribution in [-0.2, 0) is 28.6 Å². The summed E-state index contributed by atoms with van der Waals surface area (Å²) in [6.45, 7) is 4.42. The van der Waals surface area contributed by atoms with Crippen LogP contribution in [0.1, 0.15) is 59.3 Å². The molecule has 7 nitrogen and oxygen atoms in total. The Balaban J connectivity index is 5.06. The minimum Gasteiger partial charge on any atom is -0.465 e. The number of carbonyl (C=O) groups is 3. The highest BCUT2D eigenvalue weighted by atomic mass is 32.1. The fourth-order valence-electron chi connectivity index (χ4n) is 2.15. The van der Waals surface area contributed by atoms with Gasteiger partial charge in [-0.25, -0.2) is 0 Å². The molecule has 0 radical (unpaired) electrons. The van der Waals surface area contributed by atoms with Gasteiger partial charge in [-0.2, -0.15) is 37.9 Å². The Morgan fingerprint density at radius 1 is 0.700 bits per heavy atom. The number of aliphatic hydroxyl groups excluding tert-OH is 1. The molecule has 10 heteroatoms. The lowest BCUT2D eigenvalue weighted by atomic mass is 9.92. The molecule has 0 saturated carbocycles. The first-order valence-corrected chi connectivity index (χ1v) is 11.8. The standard InChI is InChI=1S/C20H36O7S3/c1-4-14(28)7-17(22)25-11-20(10-21,12-26-18(23)8-15(29)5-2)13-27-19(24)9-16(30)6-3/h14-16,21,28-30H,4-13H2,1-3H3. The van der Waals surface area contributed by atoms with Gasteiger partial charge in [0.15, 0.2) is 0 Å². The van der Waals surface area contributed by atoms with E-state index in [2.05, 4.69) is 37.9 Å². The van der Waals surface area contributed by atoms with Gasteiger partial charge in [0, 0.05) is 15.7 Å². The van der Waals surface area contributed by atoms with Crippen molar-refractivity contribution in [2.45, 2.75) is 75.0 Å². The van der Waals surface area contributed by atoms with Gasteiger partial charge < -0.3 is 19.3 Å². The van der Waals surface area contributed by atoms with Gasteiger partial charge in [0.25, 0.3) is 0 Å². The number of hydrogen-bond acceptors (Lipinski definition) is 10. The minimum atomic E-state index is -1.25. The van der Waals surface area contributed by atoms with Crippen molar-refractivity contribution in [1.82, 2.24) is 0 Å². The zero-order chi connectivity index (χ0) is 23.2. The molecule has 3 atom stereocenters. The van der Waals surface area contributed by atoms with Gasteiger partial charge in [-0.1, -0.05) is 20.8 Å². The van der Waals surface area contributed by atoms with E-state index >= 15 is 0 Å². The molecule has 30 heavy (non-hydrogen) atoms. The first-order chi connectivity index (χ1) is 14.1. The Kier molecular flexibility index (Phi) is 15.8. The molecule has 0 aromatic rings. The zero-order valence-electron chi connectivity index (χ0n) is 18.0. The summed E-state index contributed by atoms with van der Waals surface area (Å²) < 4.78 is 15.8. The summed E-state index contributed by atoms with van der Waals surface area (Å²) >= 11 is 12.8. The Morgan fingerprint density at radius 3 is 1.17 bits per heavy atom. The lowest BCUT2D eigenvalue weighted by molar-refractivity contribution is -0.165. The van der Waals surface area contributed by atoms with E-state index in [9.17, 15) is 19.5 Å². The van der Waals surface area contributed by atoms with Crippen molar-refractivity contribution in [1.29, 1.82) is 0 Å². The van der Waals surface area contributed by atoms with Crippen molar-refractivity contribution in [3.63, 3.8) is 0 Å². The Morgan fingerprint density at radius 2 is 0.967 bits per heavy atom. The highest BCUT2D eigenvalue weighted by molar-refractivity contribution is 7.81. The van der Waals surface area contributed by atoms with E-state index in [0.29, 0.717) is 19.3 Å². The monoisotopic (exact) mass is 484 g/mol. The second-order valence-corrected chi connectivity index (χ2v) is 9.63. The molecule has 1 N–H and O–H groups in total. The lowest BCUT2D eigenvalue weighted by Crippen LogP contribution is -2.43. The SMILES string of the molecule is CCC(S)CC(=O)OCC(CO)(COC(=O)CC(S)CC)COC(=O)CC(S)CC. The van der Waals surface area contributed by atoms with Gasteiger partial charge in [-0.15, -0.1) is 0 Å². The molecule has 0 heterocycles. The van der Waals surface area contributed by atoms with Crippen LogP contribution in [0.5, 0.6) is 0 Å².